The molecule has 1 aliphatic carbocycles. The minimum Gasteiger partial charge on any atom is -0.339 e. The van der Waals surface area contributed by atoms with Gasteiger partial charge in [0, 0.05) is 19.0 Å². The van der Waals surface area contributed by atoms with E-state index in [4.69, 9.17) is 0 Å². The molecule has 1 aromatic rings. The Kier molecular flexibility index (Phi) is 5.99. The Hall–Kier alpha value is -1.84. The maximum Gasteiger partial charge on any atom is 0.255 e. The number of para-hydroxylation sites is 1. The number of nitrogens with one attached hydrogen (secondary N) is 1. The first-order chi connectivity index (χ1) is 10.7. The number of rotatable bonds is 5. The largest absolute Gasteiger partial charge is 0.339 e. The lowest BCUT2D eigenvalue weighted by atomic mass is 9.88. The van der Waals surface area contributed by atoms with E-state index in [-0.39, 0.29) is 17.7 Å². The van der Waals surface area contributed by atoms with Gasteiger partial charge in [-0.25, -0.2) is 0 Å². The molecule has 0 atom stereocenters. The maximum atomic E-state index is 12.6. The number of anilines is 1. The Bertz CT molecular complexity index is 518. The van der Waals surface area contributed by atoms with Gasteiger partial charge in [-0.2, -0.15) is 0 Å². The molecule has 0 bridgehead atoms. The highest BCUT2D eigenvalue weighted by molar-refractivity contribution is 6.04. The second-order valence-electron chi connectivity index (χ2n) is 5.85. The standard InChI is InChI=1S/C18H26N2O2/c1-3-20(4-2)18(22)15-12-8-9-13-16(15)19-17(21)14-10-6-5-7-11-14/h8-9,12-14H,3-7,10-11H2,1-2H3,(H,19,21). The predicted molar refractivity (Wildman–Crippen MR) is 88.9 cm³/mol. The number of nitrogens with zero attached hydrogens (tertiary/aromatic N) is 1. The Balaban J connectivity index is 2.14. The van der Waals surface area contributed by atoms with E-state index < -0.39 is 0 Å². The first-order valence-electron chi connectivity index (χ1n) is 8.36. The molecule has 1 saturated carbocycles. The molecule has 0 aliphatic heterocycles. The molecule has 4 nitrogen and oxygen atoms in total. The minimum absolute atomic E-state index is 0.0236. The highest BCUT2D eigenvalue weighted by Crippen LogP contribution is 2.26. The van der Waals surface area contributed by atoms with Crippen LogP contribution in [0.3, 0.4) is 0 Å². The van der Waals surface area contributed by atoms with Crippen molar-refractivity contribution in [1.29, 1.82) is 0 Å². The molecule has 2 rings (SSSR count). The average molecular weight is 302 g/mol. The predicted octanol–water partition coefficient (Wildman–Crippen LogP) is 3.69. The molecule has 1 N–H and O–H groups in total. The maximum absolute atomic E-state index is 12.6. The third-order valence-corrected chi connectivity index (χ3v) is 4.44. The van der Waals surface area contributed by atoms with Crippen LogP contribution in [-0.4, -0.2) is 29.8 Å². The molecule has 2 amide bonds. The summed E-state index contributed by atoms with van der Waals surface area (Å²) in [5, 5.41) is 2.98. The summed E-state index contributed by atoms with van der Waals surface area (Å²) in [5.74, 6) is 0.120. The number of hydrogen-bond acceptors (Lipinski definition) is 2. The normalized spacial score (nSPS) is 15.4. The minimum atomic E-state index is -0.0236. The molecule has 0 unspecified atom stereocenters. The van der Waals surface area contributed by atoms with Gasteiger partial charge >= 0.3 is 0 Å². The molecule has 0 saturated heterocycles. The van der Waals surface area contributed by atoms with Gasteiger partial charge in [-0.1, -0.05) is 31.4 Å². The van der Waals surface area contributed by atoms with E-state index in [1.54, 1.807) is 11.0 Å². The fourth-order valence-corrected chi connectivity index (χ4v) is 3.06. The van der Waals surface area contributed by atoms with Gasteiger partial charge in [0.1, 0.15) is 0 Å². The second kappa shape index (κ2) is 7.97. The van der Waals surface area contributed by atoms with E-state index in [1.807, 2.05) is 32.0 Å². The van der Waals surface area contributed by atoms with Gasteiger partial charge in [0.25, 0.3) is 5.91 Å². The van der Waals surface area contributed by atoms with Crippen LogP contribution < -0.4 is 5.32 Å². The molecule has 0 spiro atoms. The summed E-state index contributed by atoms with van der Waals surface area (Å²) in [6.45, 7) is 5.26. The smallest absolute Gasteiger partial charge is 0.255 e. The SMILES string of the molecule is CCN(CC)C(=O)c1ccccc1NC(=O)C1CCCCC1. The van der Waals surface area contributed by atoms with E-state index in [0.29, 0.717) is 24.3 Å². The van der Waals surface area contributed by atoms with E-state index in [1.165, 1.54) is 6.42 Å². The lowest BCUT2D eigenvalue weighted by molar-refractivity contribution is -0.120. The van der Waals surface area contributed by atoms with E-state index >= 15 is 0 Å². The number of carbonyl (C=O) groups excluding carboxylic acids is 2. The van der Waals surface area contributed by atoms with Crippen molar-refractivity contribution in [3.05, 3.63) is 29.8 Å². The van der Waals surface area contributed by atoms with Crippen molar-refractivity contribution in [2.75, 3.05) is 18.4 Å². The van der Waals surface area contributed by atoms with Gasteiger partial charge in [-0.05, 0) is 38.8 Å². The molecular formula is C18H26N2O2. The first kappa shape index (κ1) is 16.5. The quantitative estimate of drug-likeness (QED) is 0.902. The molecular weight excluding hydrogens is 276 g/mol. The number of carbonyl (C=O) groups is 2. The Morgan fingerprint density at radius 1 is 1.09 bits per heavy atom. The van der Waals surface area contributed by atoms with Crippen molar-refractivity contribution in [1.82, 2.24) is 4.90 Å². The molecule has 1 aliphatic rings. The number of amides is 2. The molecule has 0 heterocycles. The Morgan fingerprint density at radius 2 is 1.73 bits per heavy atom. The summed E-state index contributed by atoms with van der Waals surface area (Å²) in [7, 11) is 0. The van der Waals surface area contributed by atoms with Crippen molar-refractivity contribution < 1.29 is 9.59 Å². The van der Waals surface area contributed by atoms with Crippen LogP contribution >= 0.6 is 0 Å². The molecule has 22 heavy (non-hydrogen) atoms. The molecule has 1 aromatic carbocycles. The highest BCUT2D eigenvalue weighted by Gasteiger charge is 2.23. The zero-order chi connectivity index (χ0) is 15.9. The fourth-order valence-electron chi connectivity index (χ4n) is 3.06. The van der Waals surface area contributed by atoms with Crippen LogP contribution in [0.5, 0.6) is 0 Å². The molecule has 4 heteroatoms. The number of benzene rings is 1. The Morgan fingerprint density at radius 3 is 2.36 bits per heavy atom. The lowest BCUT2D eigenvalue weighted by Crippen LogP contribution is -2.32. The molecule has 0 radical (unpaired) electrons. The lowest BCUT2D eigenvalue weighted by Gasteiger charge is -2.23. The summed E-state index contributed by atoms with van der Waals surface area (Å²) in [4.78, 5) is 26.7. The average Bonchev–Trinajstić information content (AvgIpc) is 2.57. The van der Waals surface area contributed by atoms with Crippen LogP contribution in [0.25, 0.3) is 0 Å². The summed E-state index contributed by atoms with van der Waals surface area (Å²) in [5.41, 5.74) is 1.21. The summed E-state index contributed by atoms with van der Waals surface area (Å²) < 4.78 is 0. The first-order valence-corrected chi connectivity index (χ1v) is 8.36. The van der Waals surface area contributed by atoms with Gasteiger partial charge in [-0.15, -0.1) is 0 Å². The van der Waals surface area contributed by atoms with Gasteiger partial charge in [0.15, 0.2) is 0 Å². The number of hydrogen-bond donors (Lipinski definition) is 1. The fraction of sp³-hybridized carbons (Fsp3) is 0.556. The third-order valence-electron chi connectivity index (χ3n) is 4.44. The molecule has 0 aromatic heterocycles. The zero-order valence-electron chi connectivity index (χ0n) is 13.6. The van der Waals surface area contributed by atoms with Gasteiger partial charge < -0.3 is 10.2 Å². The van der Waals surface area contributed by atoms with Crippen molar-refractivity contribution in [3.63, 3.8) is 0 Å². The summed E-state index contributed by atoms with van der Waals surface area (Å²) >= 11 is 0. The van der Waals surface area contributed by atoms with Crippen LogP contribution in [0.2, 0.25) is 0 Å². The summed E-state index contributed by atoms with van der Waals surface area (Å²) in [6.07, 6.45) is 5.38. The van der Waals surface area contributed by atoms with Gasteiger partial charge in [-0.3, -0.25) is 9.59 Å². The van der Waals surface area contributed by atoms with Crippen molar-refractivity contribution in [3.8, 4) is 0 Å². The van der Waals surface area contributed by atoms with Crippen LogP contribution in [0.4, 0.5) is 5.69 Å². The molecule has 1 fully saturated rings. The Labute approximate surface area is 132 Å². The molecule has 120 valence electrons. The van der Waals surface area contributed by atoms with E-state index in [0.717, 1.165) is 25.7 Å². The van der Waals surface area contributed by atoms with Crippen LogP contribution in [0, 0.1) is 5.92 Å². The highest BCUT2D eigenvalue weighted by atomic mass is 16.2. The third kappa shape index (κ3) is 3.87. The van der Waals surface area contributed by atoms with Crippen molar-refractivity contribution in [2.45, 2.75) is 46.0 Å². The van der Waals surface area contributed by atoms with Gasteiger partial charge in [0.2, 0.25) is 5.91 Å². The van der Waals surface area contributed by atoms with Crippen molar-refractivity contribution >= 4 is 17.5 Å². The van der Waals surface area contributed by atoms with Gasteiger partial charge in [0.05, 0.1) is 11.3 Å². The summed E-state index contributed by atoms with van der Waals surface area (Å²) in [6, 6.07) is 7.30. The van der Waals surface area contributed by atoms with E-state index in [2.05, 4.69) is 5.32 Å². The zero-order valence-corrected chi connectivity index (χ0v) is 13.6. The topological polar surface area (TPSA) is 49.4 Å². The monoisotopic (exact) mass is 302 g/mol. The van der Waals surface area contributed by atoms with Crippen molar-refractivity contribution in [2.24, 2.45) is 5.92 Å². The van der Waals surface area contributed by atoms with E-state index in [9.17, 15) is 9.59 Å². The second-order valence-corrected chi connectivity index (χ2v) is 5.85. The van der Waals surface area contributed by atoms with Crippen LogP contribution in [-0.2, 0) is 4.79 Å². The van der Waals surface area contributed by atoms with Crippen LogP contribution in [0.15, 0.2) is 24.3 Å². The van der Waals surface area contributed by atoms with Crippen LogP contribution in [0.1, 0.15) is 56.3 Å².